The predicted molar refractivity (Wildman–Crippen MR) is 86.5 cm³/mol. The molecule has 0 aliphatic rings. The molecule has 21 heavy (non-hydrogen) atoms. The molecule has 0 amide bonds. The van der Waals surface area contributed by atoms with Crippen LogP contribution in [0.15, 0.2) is 45.8 Å². The van der Waals surface area contributed by atoms with Crippen molar-refractivity contribution in [1.82, 2.24) is 0 Å². The third kappa shape index (κ3) is 3.68. The van der Waals surface area contributed by atoms with Gasteiger partial charge in [0.15, 0.2) is 0 Å². The monoisotopic (exact) mass is 368 g/mol. The lowest BCUT2D eigenvalue weighted by Gasteiger charge is -2.07. The van der Waals surface area contributed by atoms with Gasteiger partial charge in [0, 0.05) is 21.8 Å². The number of nitrogens with two attached hydrogens (primary N) is 1. The molecule has 1 unspecified atom stereocenters. The van der Waals surface area contributed by atoms with Crippen LogP contribution in [0.2, 0.25) is 0 Å². The Morgan fingerprint density at radius 1 is 1.29 bits per heavy atom. The van der Waals surface area contributed by atoms with E-state index in [2.05, 4.69) is 15.9 Å². The van der Waals surface area contributed by atoms with E-state index in [0.717, 1.165) is 5.56 Å². The van der Waals surface area contributed by atoms with Crippen molar-refractivity contribution < 1.29 is 9.13 Å². The number of rotatable bonds is 4. The van der Waals surface area contributed by atoms with Crippen molar-refractivity contribution in [3.05, 3.63) is 62.1 Å². The molecule has 1 atom stereocenters. The zero-order valence-corrected chi connectivity index (χ0v) is 13.6. The van der Waals surface area contributed by atoms with E-state index in [4.69, 9.17) is 5.73 Å². The molecule has 0 heterocycles. The highest BCUT2D eigenvalue weighted by molar-refractivity contribution is 9.10. The Hall–Kier alpha value is -1.73. The van der Waals surface area contributed by atoms with Gasteiger partial charge >= 0.3 is 0 Å². The molecule has 0 aliphatic carbocycles. The van der Waals surface area contributed by atoms with E-state index in [9.17, 15) is 14.3 Å². The molecule has 7 heteroatoms. The second kappa shape index (κ2) is 6.36. The molecule has 110 valence electrons. The predicted octanol–water partition coefficient (Wildman–Crippen LogP) is 3.56. The summed E-state index contributed by atoms with van der Waals surface area (Å²) in [4.78, 5) is 11.1. The van der Waals surface area contributed by atoms with Crippen LogP contribution in [-0.2, 0) is 16.6 Å². The first-order valence-corrected chi connectivity index (χ1v) is 8.17. The number of halogens is 1. The maximum Gasteiger partial charge on any atom is 0.274 e. The van der Waals surface area contributed by atoms with Crippen LogP contribution in [0.1, 0.15) is 11.1 Å². The second-order valence-corrected chi connectivity index (χ2v) is 6.90. The second-order valence-electron chi connectivity index (χ2n) is 4.56. The van der Waals surface area contributed by atoms with E-state index in [1.807, 2.05) is 13.0 Å². The summed E-state index contributed by atoms with van der Waals surface area (Å²) in [5.41, 5.74) is 7.64. The Morgan fingerprint density at radius 2 is 2.00 bits per heavy atom. The van der Waals surface area contributed by atoms with Crippen LogP contribution in [0.5, 0.6) is 0 Å². The maximum absolute atomic E-state index is 12.4. The van der Waals surface area contributed by atoms with E-state index in [1.54, 1.807) is 24.3 Å². The summed E-state index contributed by atoms with van der Waals surface area (Å²) in [6.07, 6.45) is 0. The van der Waals surface area contributed by atoms with Gasteiger partial charge in [-0.25, -0.2) is 0 Å². The fourth-order valence-corrected chi connectivity index (χ4v) is 3.50. The van der Waals surface area contributed by atoms with Gasteiger partial charge < -0.3 is 5.73 Å². The molecule has 0 spiro atoms. The van der Waals surface area contributed by atoms with Crippen molar-refractivity contribution in [2.45, 2.75) is 17.6 Å². The molecule has 5 nitrogen and oxygen atoms in total. The number of anilines is 1. The van der Waals surface area contributed by atoms with Crippen molar-refractivity contribution in [2.75, 3.05) is 5.73 Å². The van der Waals surface area contributed by atoms with Crippen LogP contribution >= 0.6 is 15.9 Å². The number of benzene rings is 2. The van der Waals surface area contributed by atoms with Crippen molar-refractivity contribution in [3.63, 3.8) is 0 Å². The van der Waals surface area contributed by atoms with E-state index < -0.39 is 15.7 Å². The number of nitrogen functional groups attached to an aromatic ring is 1. The first-order chi connectivity index (χ1) is 9.88. The molecule has 0 aliphatic heterocycles. The van der Waals surface area contributed by atoms with Crippen LogP contribution in [-0.4, -0.2) is 9.13 Å². The lowest BCUT2D eigenvalue weighted by Crippen LogP contribution is -2.03. The van der Waals surface area contributed by atoms with E-state index >= 15 is 0 Å². The van der Waals surface area contributed by atoms with Crippen molar-refractivity contribution in [2.24, 2.45) is 0 Å². The van der Waals surface area contributed by atoms with Gasteiger partial charge in [-0.1, -0.05) is 28.1 Å². The third-order valence-corrected chi connectivity index (χ3v) is 4.87. The molecule has 0 aromatic heterocycles. The minimum absolute atomic E-state index is 0.0524. The first kappa shape index (κ1) is 15.7. The van der Waals surface area contributed by atoms with E-state index in [-0.39, 0.29) is 11.4 Å². The molecule has 2 N–H and O–H groups in total. The highest BCUT2D eigenvalue weighted by Crippen LogP contribution is 2.27. The molecule has 0 fully saturated rings. The van der Waals surface area contributed by atoms with Gasteiger partial charge in [0.25, 0.3) is 5.69 Å². The molecule has 2 rings (SSSR count). The fraction of sp³-hybridized carbons (Fsp3) is 0.143. The van der Waals surface area contributed by atoms with Crippen molar-refractivity contribution >= 4 is 38.1 Å². The molecular formula is C14H13BrN2O3S. The Labute approximate surface area is 132 Å². The molecule has 0 radical (unpaired) electrons. The average molecular weight is 369 g/mol. The van der Waals surface area contributed by atoms with Crippen molar-refractivity contribution in [1.29, 1.82) is 0 Å². The summed E-state index contributed by atoms with van der Waals surface area (Å²) in [6.45, 7) is 1.89. The summed E-state index contributed by atoms with van der Waals surface area (Å²) in [6, 6.07) is 9.96. The van der Waals surface area contributed by atoms with Gasteiger partial charge in [-0.3, -0.25) is 14.3 Å². The summed E-state index contributed by atoms with van der Waals surface area (Å²) < 4.78 is 13.0. The van der Waals surface area contributed by atoms with Gasteiger partial charge in [0.05, 0.1) is 26.4 Å². The molecule has 0 saturated carbocycles. The number of nitro groups is 1. The van der Waals surface area contributed by atoms with Crippen LogP contribution in [0.4, 0.5) is 11.4 Å². The number of aryl methyl sites for hydroxylation is 1. The van der Waals surface area contributed by atoms with Gasteiger partial charge in [-0.15, -0.1) is 0 Å². The number of hydrogen-bond donors (Lipinski definition) is 1. The molecule has 0 bridgehead atoms. The van der Waals surface area contributed by atoms with E-state index in [0.29, 0.717) is 20.6 Å². The normalized spacial score (nSPS) is 12.1. The van der Waals surface area contributed by atoms with Gasteiger partial charge in [0.1, 0.15) is 0 Å². The lowest BCUT2D eigenvalue weighted by atomic mass is 10.2. The highest BCUT2D eigenvalue weighted by Gasteiger charge is 2.18. The first-order valence-electron chi connectivity index (χ1n) is 6.06. The summed E-state index contributed by atoms with van der Waals surface area (Å²) in [7, 11) is -1.43. The number of nitrogens with zero attached hydrogens (tertiary/aromatic N) is 1. The van der Waals surface area contributed by atoms with Crippen LogP contribution in [0, 0.1) is 17.0 Å². The number of nitro benzene ring substituents is 1. The smallest absolute Gasteiger partial charge is 0.274 e. The minimum Gasteiger partial charge on any atom is -0.398 e. The Bertz CT molecular complexity index is 734. The minimum atomic E-state index is -1.43. The third-order valence-electron chi connectivity index (χ3n) is 2.94. The lowest BCUT2D eigenvalue weighted by molar-refractivity contribution is -0.385. The number of hydrogen-bond acceptors (Lipinski definition) is 4. The standard InChI is InChI=1S/C14H13BrN2O3S/c1-9-2-5-14(12(16)6-9)21(20)8-10-3-4-11(15)7-13(10)17(18)19/h2-7H,8,16H2,1H3. The van der Waals surface area contributed by atoms with Gasteiger partial charge in [0.2, 0.25) is 0 Å². The Kier molecular flexibility index (Phi) is 4.74. The van der Waals surface area contributed by atoms with E-state index in [1.165, 1.54) is 6.07 Å². The summed E-state index contributed by atoms with van der Waals surface area (Å²) >= 11 is 3.20. The van der Waals surface area contributed by atoms with Gasteiger partial charge in [-0.2, -0.15) is 0 Å². The fourth-order valence-electron chi connectivity index (χ4n) is 1.92. The summed E-state index contributed by atoms with van der Waals surface area (Å²) in [5, 5.41) is 11.1. The van der Waals surface area contributed by atoms with Crippen molar-refractivity contribution in [3.8, 4) is 0 Å². The zero-order chi connectivity index (χ0) is 15.6. The topological polar surface area (TPSA) is 86.2 Å². The quantitative estimate of drug-likeness (QED) is 0.507. The van der Waals surface area contributed by atoms with Gasteiger partial charge in [-0.05, 0) is 30.7 Å². The maximum atomic E-state index is 12.4. The molecule has 0 saturated heterocycles. The molecule has 2 aromatic rings. The van der Waals surface area contributed by atoms with Crippen LogP contribution in [0.25, 0.3) is 0 Å². The highest BCUT2D eigenvalue weighted by atomic mass is 79.9. The Morgan fingerprint density at radius 3 is 2.62 bits per heavy atom. The van der Waals surface area contributed by atoms with Crippen LogP contribution in [0.3, 0.4) is 0 Å². The SMILES string of the molecule is Cc1ccc(S(=O)Cc2ccc(Br)cc2[N+](=O)[O-])c(N)c1. The van der Waals surface area contributed by atoms with Crippen LogP contribution < -0.4 is 5.73 Å². The Balaban J connectivity index is 2.34. The molecular weight excluding hydrogens is 356 g/mol. The zero-order valence-electron chi connectivity index (χ0n) is 11.2. The summed E-state index contributed by atoms with van der Waals surface area (Å²) in [5.74, 6) is 0.0524. The molecule has 2 aromatic carbocycles. The average Bonchev–Trinajstić information content (AvgIpc) is 2.40. The largest absolute Gasteiger partial charge is 0.398 e.